The lowest BCUT2D eigenvalue weighted by molar-refractivity contribution is -0.138. The van der Waals surface area contributed by atoms with Crippen LogP contribution in [0.25, 0.3) is 0 Å². The number of nitrogens with zero attached hydrogens (tertiary/aromatic N) is 1. The molecule has 0 amide bonds. The molecule has 2 atom stereocenters. The zero-order valence-corrected chi connectivity index (χ0v) is 11.5. The van der Waals surface area contributed by atoms with E-state index in [0.717, 1.165) is 38.9 Å². The van der Waals surface area contributed by atoms with Crippen molar-refractivity contribution in [1.29, 1.82) is 0 Å². The Labute approximate surface area is 110 Å². The van der Waals surface area contributed by atoms with Gasteiger partial charge in [-0.15, -0.1) is 0 Å². The Morgan fingerprint density at radius 3 is 2.83 bits per heavy atom. The summed E-state index contributed by atoms with van der Waals surface area (Å²) < 4.78 is 0. The van der Waals surface area contributed by atoms with E-state index in [1.165, 1.54) is 12.8 Å². The van der Waals surface area contributed by atoms with Crippen LogP contribution in [0.3, 0.4) is 0 Å². The number of aliphatic carboxylic acids is 1. The number of likely N-dealkylation sites (tertiary alicyclic amines) is 1. The summed E-state index contributed by atoms with van der Waals surface area (Å²) in [5.41, 5.74) is 0. The van der Waals surface area contributed by atoms with Gasteiger partial charge in [-0.25, -0.2) is 0 Å². The summed E-state index contributed by atoms with van der Waals surface area (Å²) >= 11 is 0. The molecule has 106 valence electrons. The van der Waals surface area contributed by atoms with Crippen LogP contribution in [0, 0.1) is 11.8 Å². The number of hydrogen-bond donors (Lipinski definition) is 2. The molecule has 1 fully saturated rings. The molecule has 0 aromatic carbocycles. The van der Waals surface area contributed by atoms with Gasteiger partial charge in [0, 0.05) is 19.6 Å². The Hall–Kier alpha value is -0.610. The molecule has 18 heavy (non-hydrogen) atoms. The van der Waals surface area contributed by atoms with E-state index < -0.39 is 5.97 Å². The predicted octanol–water partition coefficient (Wildman–Crippen LogP) is 1.97. The maximum absolute atomic E-state index is 10.7. The zero-order valence-electron chi connectivity index (χ0n) is 11.5. The van der Waals surface area contributed by atoms with Gasteiger partial charge in [0.25, 0.3) is 0 Å². The van der Waals surface area contributed by atoms with Crippen molar-refractivity contribution in [3.8, 4) is 0 Å². The number of piperidine rings is 1. The van der Waals surface area contributed by atoms with E-state index in [9.17, 15) is 4.79 Å². The van der Waals surface area contributed by atoms with Crippen molar-refractivity contribution in [2.45, 2.75) is 45.4 Å². The van der Waals surface area contributed by atoms with Gasteiger partial charge in [-0.05, 0) is 57.0 Å². The molecule has 0 radical (unpaired) electrons. The number of aliphatic hydroxyl groups excluding tert-OH is 1. The van der Waals surface area contributed by atoms with Crippen molar-refractivity contribution in [2.24, 2.45) is 11.8 Å². The lowest BCUT2D eigenvalue weighted by Crippen LogP contribution is -2.38. The van der Waals surface area contributed by atoms with E-state index in [4.69, 9.17) is 10.2 Å². The molecule has 4 heteroatoms. The van der Waals surface area contributed by atoms with Crippen LogP contribution < -0.4 is 0 Å². The van der Waals surface area contributed by atoms with Crippen LogP contribution in [-0.2, 0) is 4.79 Å². The number of aliphatic hydroxyl groups is 1. The molecular weight excluding hydrogens is 230 g/mol. The summed E-state index contributed by atoms with van der Waals surface area (Å²) in [6.45, 7) is 5.64. The Morgan fingerprint density at radius 2 is 2.17 bits per heavy atom. The molecule has 1 heterocycles. The first kappa shape index (κ1) is 15.4. The van der Waals surface area contributed by atoms with Gasteiger partial charge in [0.1, 0.15) is 0 Å². The summed E-state index contributed by atoms with van der Waals surface area (Å²) in [7, 11) is 0. The zero-order chi connectivity index (χ0) is 13.4. The molecule has 0 aromatic heterocycles. The molecule has 0 aromatic rings. The van der Waals surface area contributed by atoms with Crippen molar-refractivity contribution >= 4 is 5.97 Å². The Morgan fingerprint density at radius 1 is 1.39 bits per heavy atom. The second-order valence-corrected chi connectivity index (χ2v) is 5.56. The van der Waals surface area contributed by atoms with Crippen molar-refractivity contribution in [3.05, 3.63) is 0 Å². The standard InChI is InChI=1S/C14H27NO3/c1-12(10-14(17)18)13-6-5-8-15(11-13)7-3-2-4-9-16/h12-13,16H,2-11H2,1H3,(H,17,18). The summed E-state index contributed by atoms with van der Waals surface area (Å²) in [5.74, 6) is 0.137. The van der Waals surface area contributed by atoms with Gasteiger partial charge >= 0.3 is 5.97 Å². The fraction of sp³-hybridized carbons (Fsp3) is 0.929. The third-order valence-electron chi connectivity index (χ3n) is 3.98. The highest BCUT2D eigenvalue weighted by Gasteiger charge is 2.25. The van der Waals surface area contributed by atoms with Gasteiger partial charge in [0.05, 0.1) is 0 Å². The summed E-state index contributed by atoms with van der Waals surface area (Å²) in [6.07, 6.45) is 5.77. The molecule has 4 nitrogen and oxygen atoms in total. The van der Waals surface area contributed by atoms with Gasteiger partial charge in [-0.2, -0.15) is 0 Å². The summed E-state index contributed by atoms with van der Waals surface area (Å²) in [5, 5.41) is 17.6. The van der Waals surface area contributed by atoms with Crippen LogP contribution in [0.1, 0.15) is 45.4 Å². The fourth-order valence-corrected chi connectivity index (χ4v) is 2.82. The molecule has 1 rings (SSSR count). The van der Waals surface area contributed by atoms with E-state index in [1.807, 2.05) is 0 Å². The molecule has 0 spiro atoms. The Balaban J connectivity index is 2.25. The van der Waals surface area contributed by atoms with Crippen molar-refractivity contribution in [3.63, 3.8) is 0 Å². The Bertz CT molecular complexity index is 245. The molecule has 1 aliphatic heterocycles. The van der Waals surface area contributed by atoms with Gasteiger partial charge in [0.2, 0.25) is 0 Å². The molecule has 1 saturated heterocycles. The van der Waals surface area contributed by atoms with E-state index in [2.05, 4.69) is 11.8 Å². The highest BCUT2D eigenvalue weighted by molar-refractivity contribution is 5.66. The van der Waals surface area contributed by atoms with Gasteiger partial charge in [-0.3, -0.25) is 4.79 Å². The third-order valence-corrected chi connectivity index (χ3v) is 3.98. The number of carboxylic acids is 1. The summed E-state index contributed by atoms with van der Waals surface area (Å²) in [4.78, 5) is 13.2. The van der Waals surface area contributed by atoms with Crippen LogP contribution >= 0.6 is 0 Å². The van der Waals surface area contributed by atoms with E-state index >= 15 is 0 Å². The molecule has 2 N–H and O–H groups in total. The molecule has 0 bridgehead atoms. The minimum atomic E-state index is -0.678. The lowest BCUT2D eigenvalue weighted by Gasteiger charge is -2.35. The van der Waals surface area contributed by atoms with Crippen LogP contribution in [-0.4, -0.2) is 47.3 Å². The topological polar surface area (TPSA) is 60.8 Å². The van der Waals surface area contributed by atoms with Crippen LogP contribution in [0.2, 0.25) is 0 Å². The molecule has 1 aliphatic rings. The second kappa shape index (κ2) is 8.48. The largest absolute Gasteiger partial charge is 0.481 e. The smallest absolute Gasteiger partial charge is 0.303 e. The van der Waals surface area contributed by atoms with Gasteiger partial charge < -0.3 is 15.1 Å². The first-order valence-electron chi connectivity index (χ1n) is 7.18. The molecule has 2 unspecified atom stereocenters. The normalized spacial score (nSPS) is 22.9. The van der Waals surface area contributed by atoms with Crippen molar-refractivity contribution < 1.29 is 15.0 Å². The third kappa shape index (κ3) is 5.83. The number of hydrogen-bond acceptors (Lipinski definition) is 3. The molecule has 0 saturated carbocycles. The molecular formula is C14H27NO3. The lowest BCUT2D eigenvalue weighted by atomic mass is 9.84. The van der Waals surface area contributed by atoms with Gasteiger partial charge in [0.15, 0.2) is 0 Å². The minimum Gasteiger partial charge on any atom is -0.481 e. The van der Waals surface area contributed by atoms with Crippen LogP contribution in [0.4, 0.5) is 0 Å². The van der Waals surface area contributed by atoms with E-state index in [-0.39, 0.29) is 12.5 Å². The number of carboxylic acid groups (broad SMARTS) is 1. The minimum absolute atomic E-state index is 0.280. The SMILES string of the molecule is CC(CC(=O)O)C1CCCN(CCCCCO)C1. The van der Waals surface area contributed by atoms with Crippen LogP contribution in [0.5, 0.6) is 0 Å². The average Bonchev–Trinajstić information content (AvgIpc) is 2.34. The highest BCUT2D eigenvalue weighted by Crippen LogP contribution is 2.26. The Kier molecular flexibility index (Phi) is 7.28. The molecule has 0 aliphatic carbocycles. The van der Waals surface area contributed by atoms with E-state index in [1.54, 1.807) is 0 Å². The van der Waals surface area contributed by atoms with E-state index in [0.29, 0.717) is 12.3 Å². The first-order chi connectivity index (χ1) is 8.63. The fourth-order valence-electron chi connectivity index (χ4n) is 2.82. The maximum Gasteiger partial charge on any atom is 0.303 e. The second-order valence-electron chi connectivity index (χ2n) is 5.56. The monoisotopic (exact) mass is 257 g/mol. The first-order valence-corrected chi connectivity index (χ1v) is 7.18. The number of carbonyl (C=O) groups is 1. The predicted molar refractivity (Wildman–Crippen MR) is 71.5 cm³/mol. The maximum atomic E-state index is 10.7. The average molecular weight is 257 g/mol. The summed E-state index contributed by atoms with van der Waals surface area (Å²) in [6, 6.07) is 0. The van der Waals surface area contributed by atoms with Gasteiger partial charge in [-0.1, -0.05) is 6.92 Å². The number of rotatable bonds is 8. The van der Waals surface area contributed by atoms with Crippen LogP contribution in [0.15, 0.2) is 0 Å². The van der Waals surface area contributed by atoms with Crippen molar-refractivity contribution in [2.75, 3.05) is 26.2 Å². The van der Waals surface area contributed by atoms with Crippen molar-refractivity contribution in [1.82, 2.24) is 4.90 Å². The highest BCUT2D eigenvalue weighted by atomic mass is 16.4. The number of unbranched alkanes of at least 4 members (excludes halogenated alkanes) is 2. The quantitative estimate of drug-likeness (QED) is 0.653.